The molecule has 1 aliphatic carbocycles. The largest absolute Gasteiger partial charge is 0.352 e. The van der Waals surface area contributed by atoms with Crippen LogP contribution in [0.15, 0.2) is 224 Å². The Morgan fingerprint density at radius 3 is 1.95 bits per heavy atom. The summed E-state index contributed by atoms with van der Waals surface area (Å²) in [5.74, 6) is 0. The van der Waals surface area contributed by atoms with Crippen molar-refractivity contribution in [2.24, 2.45) is 0 Å². The summed E-state index contributed by atoms with van der Waals surface area (Å²) < 4.78 is 4.98. The van der Waals surface area contributed by atoms with Crippen LogP contribution in [-0.2, 0) is 0 Å². The average Bonchev–Trinajstić information content (AvgIpc) is 3.90. The van der Waals surface area contributed by atoms with E-state index in [0.29, 0.717) is 0 Å². The Bertz CT molecular complexity index is 4020. The number of nitrogens with zero attached hydrogens (tertiary/aromatic N) is 2. The maximum Gasteiger partial charge on any atom is 0.160 e. The first-order valence-corrected chi connectivity index (χ1v) is 22.3. The van der Waals surface area contributed by atoms with E-state index in [9.17, 15) is 0 Å². The smallest absolute Gasteiger partial charge is 0.160 e. The van der Waals surface area contributed by atoms with Crippen molar-refractivity contribution < 1.29 is 0 Å². The molecule has 4 heteroatoms. The zero-order chi connectivity index (χ0) is 41.9. The lowest BCUT2D eigenvalue weighted by molar-refractivity contribution is 0.363. The Labute approximate surface area is 369 Å². The molecule has 0 fully saturated rings. The van der Waals surface area contributed by atoms with Gasteiger partial charge in [0.05, 0.1) is 28.1 Å². The van der Waals surface area contributed by atoms with E-state index in [-0.39, 0.29) is 12.3 Å². The third kappa shape index (κ3) is 5.03. The van der Waals surface area contributed by atoms with Gasteiger partial charge in [-0.25, -0.2) is 0 Å². The van der Waals surface area contributed by atoms with Gasteiger partial charge in [-0.15, -0.1) is 0 Å². The molecule has 2 N–H and O–H groups in total. The van der Waals surface area contributed by atoms with Crippen molar-refractivity contribution >= 4 is 92.4 Å². The van der Waals surface area contributed by atoms with E-state index in [1.54, 1.807) is 0 Å². The fourth-order valence-electron chi connectivity index (χ4n) is 11.2. The second-order valence-corrected chi connectivity index (χ2v) is 17.3. The highest BCUT2D eigenvalue weighted by Crippen LogP contribution is 2.48. The van der Waals surface area contributed by atoms with Gasteiger partial charge in [0, 0.05) is 49.1 Å². The van der Waals surface area contributed by atoms with Crippen LogP contribution in [-0.4, -0.2) is 15.2 Å². The van der Waals surface area contributed by atoms with Crippen LogP contribution >= 0.6 is 0 Å². The minimum absolute atomic E-state index is 0.0514. The number of para-hydroxylation sites is 2. The Kier molecular flexibility index (Phi) is 7.56. The molecule has 0 radical (unpaired) electrons. The zero-order valence-electron chi connectivity index (χ0n) is 34.8. The summed E-state index contributed by atoms with van der Waals surface area (Å²) in [5.41, 5.74) is 12.0. The van der Waals surface area contributed by atoms with E-state index >= 15 is 0 Å². The minimum atomic E-state index is -0.226. The summed E-state index contributed by atoms with van der Waals surface area (Å²) >= 11 is 0. The fraction of sp³-hybridized carbons (Fsp3) is 0.0333. The lowest BCUT2D eigenvalue weighted by atomic mass is 9.88. The summed E-state index contributed by atoms with van der Waals surface area (Å²) in [4.78, 5) is 0. The number of hydrogen-bond donors (Lipinski definition) is 2. The highest BCUT2D eigenvalue weighted by atomic mass is 15.3. The van der Waals surface area contributed by atoms with Crippen LogP contribution < -0.4 is 10.6 Å². The molecule has 2 unspecified atom stereocenters. The van der Waals surface area contributed by atoms with Gasteiger partial charge in [0.15, 0.2) is 6.29 Å². The highest BCUT2D eigenvalue weighted by molar-refractivity contribution is 6.37. The zero-order valence-corrected chi connectivity index (χ0v) is 34.8. The molecule has 0 bridgehead atoms. The summed E-state index contributed by atoms with van der Waals surface area (Å²) in [6.45, 7) is 0. The highest BCUT2D eigenvalue weighted by Gasteiger charge is 2.31. The standard InChI is InChI=1S/C60H40N4/c1-3-18-38(19-4-1)57-47-27-13-15-29-52(47)61-60(62-57)64-53-30-16-14-28-48(53)56-55-44-25-11-9-23-42(44)49(36-51(55)43-24-10-12-26-45(43)59(56)64)39-32-34-54-50(35-39)46-33-31-37-17-7-8-22-41(37)58(46)63(54)40-20-5-2-6-21-40/h1-36,52,60-62H. The summed E-state index contributed by atoms with van der Waals surface area (Å²) in [6, 6.07) is 71.6. The molecule has 10 aromatic carbocycles. The van der Waals surface area contributed by atoms with Gasteiger partial charge < -0.3 is 14.5 Å². The molecule has 12 aromatic rings. The summed E-state index contributed by atoms with van der Waals surface area (Å²) in [7, 11) is 0. The Balaban J connectivity index is 1.05. The average molecular weight is 817 g/mol. The van der Waals surface area contributed by atoms with E-state index in [1.165, 1.54) is 109 Å². The van der Waals surface area contributed by atoms with Crippen molar-refractivity contribution in [2.45, 2.75) is 12.3 Å². The van der Waals surface area contributed by atoms with E-state index < -0.39 is 0 Å². The number of allylic oxidation sites excluding steroid dienone is 2. The third-order valence-electron chi connectivity index (χ3n) is 13.9. The van der Waals surface area contributed by atoms with Gasteiger partial charge in [-0.2, -0.15) is 0 Å². The maximum absolute atomic E-state index is 4.03. The lowest BCUT2D eigenvalue weighted by Gasteiger charge is -2.37. The molecule has 3 heterocycles. The van der Waals surface area contributed by atoms with Gasteiger partial charge >= 0.3 is 0 Å². The minimum Gasteiger partial charge on any atom is -0.352 e. The predicted molar refractivity (Wildman–Crippen MR) is 270 cm³/mol. The fourth-order valence-corrected chi connectivity index (χ4v) is 11.2. The predicted octanol–water partition coefficient (Wildman–Crippen LogP) is 14.7. The summed E-state index contributed by atoms with van der Waals surface area (Å²) in [5, 5.41) is 23.1. The molecule has 64 heavy (non-hydrogen) atoms. The SMILES string of the molecule is C1=CC2=C(c3ccccc3)NC(n3c4ccccc4c4c5c6ccccc6c(-c6ccc7c(c6)c6ccc8ccccc8c6n7-c6ccccc6)cc5c5ccccc5c43)NC2C=C1. The Morgan fingerprint density at radius 2 is 1.11 bits per heavy atom. The topological polar surface area (TPSA) is 33.9 Å². The monoisotopic (exact) mass is 816 g/mol. The number of nitrogens with one attached hydrogen (secondary N) is 2. The molecular weight excluding hydrogens is 777 g/mol. The van der Waals surface area contributed by atoms with Crippen molar-refractivity contribution in [3.8, 4) is 16.8 Å². The normalized spacial score (nSPS) is 16.3. The van der Waals surface area contributed by atoms with E-state index in [0.717, 1.165) is 11.4 Å². The van der Waals surface area contributed by atoms with Crippen molar-refractivity contribution in [3.63, 3.8) is 0 Å². The molecule has 2 aliphatic rings. The number of aromatic nitrogens is 2. The van der Waals surface area contributed by atoms with E-state index in [2.05, 4.69) is 238 Å². The van der Waals surface area contributed by atoms with E-state index in [1.807, 2.05) is 0 Å². The van der Waals surface area contributed by atoms with Crippen LogP contribution in [0.5, 0.6) is 0 Å². The molecule has 0 spiro atoms. The van der Waals surface area contributed by atoms with Crippen molar-refractivity contribution in [1.82, 2.24) is 19.8 Å². The number of benzene rings is 10. The maximum atomic E-state index is 4.03. The molecule has 2 aromatic heterocycles. The quantitative estimate of drug-likeness (QED) is 0.174. The van der Waals surface area contributed by atoms with Gasteiger partial charge in [0.25, 0.3) is 0 Å². The van der Waals surface area contributed by atoms with Crippen LogP contribution in [0, 0.1) is 0 Å². The van der Waals surface area contributed by atoms with Crippen LogP contribution in [0.25, 0.3) is 109 Å². The van der Waals surface area contributed by atoms with Crippen LogP contribution in [0.1, 0.15) is 11.9 Å². The van der Waals surface area contributed by atoms with Crippen LogP contribution in [0.2, 0.25) is 0 Å². The summed E-state index contributed by atoms with van der Waals surface area (Å²) in [6.07, 6.45) is 8.59. The van der Waals surface area contributed by atoms with Crippen molar-refractivity contribution in [3.05, 3.63) is 230 Å². The number of rotatable bonds is 4. The molecule has 1 aliphatic heterocycles. The molecule has 0 saturated carbocycles. The molecule has 0 saturated heterocycles. The first-order chi connectivity index (χ1) is 31.8. The first-order valence-electron chi connectivity index (χ1n) is 22.3. The Morgan fingerprint density at radius 1 is 0.422 bits per heavy atom. The second kappa shape index (κ2) is 13.7. The van der Waals surface area contributed by atoms with Gasteiger partial charge in [-0.1, -0.05) is 182 Å². The van der Waals surface area contributed by atoms with Gasteiger partial charge in [0.2, 0.25) is 0 Å². The van der Waals surface area contributed by atoms with Crippen molar-refractivity contribution in [1.29, 1.82) is 0 Å². The third-order valence-corrected chi connectivity index (χ3v) is 13.9. The number of hydrogen-bond acceptors (Lipinski definition) is 2. The molecule has 14 rings (SSSR count). The van der Waals surface area contributed by atoms with Gasteiger partial charge in [0.1, 0.15) is 0 Å². The molecule has 4 nitrogen and oxygen atoms in total. The van der Waals surface area contributed by atoms with Crippen LogP contribution in [0.4, 0.5) is 0 Å². The number of fused-ring (bicyclic) bond motifs is 16. The van der Waals surface area contributed by atoms with E-state index in [4.69, 9.17) is 0 Å². The Hall–Kier alpha value is -8.18. The molecular formula is C60H40N4. The second-order valence-electron chi connectivity index (χ2n) is 17.3. The van der Waals surface area contributed by atoms with Gasteiger partial charge in [-0.3, -0.25) is 5.32 Å². The van der Waals surface area contributed by atoms with Crippen molar-refractivity contribution in [2.75, 3.05) is 0 Å². The molecule has 300 valence electrons. The molecule has 0 amide bonds. The molecule has 2 atom stereocenters. The lowest BCUT2D eigenvalue weighted by Crippen LogP contribution is -2.48. The van der Waals surface area contributed by atoms with Gasteiger partial charge in [-0.05, 0) is 85.6 Å². The van der Waals surface area contributed by atoms with Crippen LogP contribution in [0.3, 0.4) is 0 Å². The first kappa shape index (κ1) is 35.4.